The van der Waals surface area contributed by atoms with E-state index in [0.717, 1.165) is 55.9 Å². The quantitative estimate of drug-likeness (QED) is 0.123. The molecule has 0 aromatic carbocycles. The smallest absolute Gasteiger partial charge is 0.0655 e. The van der Waals surface area contributed by atoms with Crippen molar-refractivity contribution >= 4 is 0 Å². The van der Waals surface area contributed by atoms with Crippen LogP contribution < -0.4 is 5.32 Å². The van der Waals surface area contributed by atoms with Crippen LogP contribution in [0, 0.1) is 64.6 Å². The first kappa shape index (κ1) is 58.4. The molecule has 0 radical (unpaired) electrons. The molecule has 1 saturated carbocycles. The van der Waals surface area contributed by atoms with Gasteiger partial charge in [-0.1, -0.05) is 156 Å². The van der Waals surface area contributed by atoms with E-state index < -0.39 is 0 Å². The Morgan fingerprint density at radius 2 is 1.44 bits per heavy atom. The molecule has 304 valence electrons. The minimum Gasteiger partial charge on any atom is -0.393 e. The highest BCUT2D eigenvalue weighted by Crippen LogP contribution is 2.33. The van der Waals surface area contributed by atoms with E-state index in [1.165, 1.54) is 51.4 Å². The molecular weight excluding hydrogens is 613 g/mol. The number of unbranched alkanes of at least 4 members (excludes halogenated alkanes) is 1. The van der Waals surface area contributed by atoms with E-state index in [-0.39, 0.29) is 37.4 Å². The Morgan fingerprint density at radius 3 is 1.86 bits per heavy atom. The first-order valence-electron chi connectivity index (χ1n) is 21.2. The van der Waals surface area contributed by atoms with Gasteiger partial charge in [-0.15, -0.1) is 6.58 Å². The van der Waals surface area contributed by atoms with Crippen LogP contribution in [0.5, 0.6) is 0 Å². The summed E-state index contributed by atoms with van der Waals surface area (Å²) in [5.41, 5.74) is 0. The Bertz CT molecular complexity index is 705. The minimum atomic E-state index is -0.384. The van der Waals surface area contributed by atoms with Gasteiger partial charge in [-0.05, 0) is 99.3 Å². The molecule has 0 aromatic rings. The molecule has 4 heteroatoms. The predicted octanol–water partition coefficient (Wildman–Crippen LogP) is 14.2. The van der Waals surface area contributed by atoms with Crippen LogP contribution in [-0.2, 0) is 4.74 Å². The van der Waals surface area contributed by atoms with Gasteiger partial charge in [0, 0.05) is 19.1 Å². The molecule has 0 spiro atoms. The number of nitriles is 1. The van der Waals surface area contributed by atoms with Crippen LogP contribution in [0.4, 0.5) is 0 Å². The van der Waals surface area contributed by atoms with Crippen molar-refractivity contribution in [1.82, 2.24) is 5.32 Å². The molecule has 0 bridgehead atoms. The lowest BCUT2D eigenvalue weighted by molar-refractivity contribution is -0.0180. The average molecular weight is 711 g/mol. The SMILES string of the molecule is C.C=CC(C)CCCC(C#N)C[C@@H](C)C(O)C(C)C(C)[C@@H](C)[C@@H](CC)OC.CC.CC.CCC1CC(C)CC(NC)C1.CCCCC(C)CC. The lowest BCUT2D eigenvalue weighted by Gasteiger charge is -2.36. The van der Waals surface area contributed by atoms with Crippen molar-refractivity contribution in [3.05, 3.63) is 12.7 Å². The van der Waals surface area contributed by atoms with Gasteiger partial charge in [0.05, 0.1) is 18.3 Å². The van der Waals surface area contributed by atoms with Crippen molar-refractivity contribution < 1.29 is 9.84 Å². The molecular formula is C46H98N2O2. The number of aliphatic hydroxyl groups excluding tert-OH is 1. The van der Waals surface area contributed by atoms with Crippen molar-refractivity contribution in [2.24, 2.45) is 53.3 Å². The normalized spacial score (nSPS) is 21.9. The van der Waals surface area contributed by atoms with Crippen molar-refractivity contribution in [3.63, 3.8) is 0 Å². The van der Waals surface area contributed by atoms with E-state index in [1.54, 1.807) is 7.11 Å². The summed E-state index contributed by atoms with van der Waals surface area (Å²) in [5.74, 6) is 4.48. The van der Waals surface area contributed by atoms with Crippen LogP contribution in [0.15, 0.2) is 12.7 Å². The minimum absolute atomic E-state index is 0. The molecule has 1 fully saturated rings. The van der Waals surface area contributed by atoms with E-state index in [2.05, 4.69) is 101 Å². The number of allylic oxidation sites excluding steroid dienone is 1. The summed E-state index contributed by atoms with van der Waals surface area (Å²) in [6.45, 7) is 36.3. The maximum Gasteiger partial charge on any atom is 0.0655 e. The molecule has 4 nitrogen and oxygen atoms in total. The number of rotatable bonds is 20. The van der Waals surface area contributed by atoms with Crippen LogP contribution in [0.1, 0.15) is 195 Å². The maximum absolute atomic E-state index is 10.9. The van der Waals surface area contributed by atoms with Crippen molar-refractivity contribution in [3.8, 4) is 6.07 Å². The number of methoxy groups -OCH3 is 1. The Balaban J connectivity index is -0.000000230. The Labute approximate surface area is 318 Å². The van der Waals surface area contributed by atoms with Gasteiger partial charge >= 0.3 is 0 Å². The predicted molar refractivity (Wildman–Crippen MR) is 229 cm³/mol. The molecule has 1 rings (SSSR count). The second-order valence-electron chi connectivity index (χ2n) is 15.2. The Kier molecular flexibility index (Phi) is 45.9. The molecule has 0 saturated heterocycles. The topological polar surface area (TPSA) is 65.3 Å². The average Bonchev–Trinajstić information content (AvgIpc) is 3.14. The second-order valence-corrected chi connectivity index (χ2v) is 15.2. The molecule has 0 aromatic heterocycles. The summed E-state index contributed by atoms with van der Waals surface area (Å²) in [7, 11) is 3.86. The zero-order chi connectivity index (χ0) is 38.9. The van der Waals surface area contributed by atoms with Gasteiger partial charge in [0.15, 0.2) is 0 Å². The second kappa shape index (κ2) is 39.3. The fourth-order valence-corrected chi connectivity index (χ4v) is 7.10. The number of nitrogens with one attached hydrogen (secondary N) is 1. The summed E-state index contributed by atoms with van der Waals surface area (Å²) in [6.07, 6.45) is 17.7. The molecule has 0 amide bonds. The third kappa shape index (κ3) is 28.7. The zero-order valence-corrected chi connectivity index (χ0v) is 36.7. The highest BCUT2D eigenvalue weighted by Gasteiger charge is 2.32. The van der Waals surface area contributed by atoms with Gasteiger partial charge in [-0.2, -0.15) is 5.26 Å². The van der Waals surface area contributed by atoms with Gasteiger partial charge < -0.3 is 15.2 Å². The highest BCUT2D eigenvalue weighted by atomic mass is 16.5. The van der Waals surface area contributed by atoms with Crippen LogP contribution in [0.25, 0.3) is 0 Å². The molecule has 2 N–H and O–H groups in total. The largest absolute Gasteiger partial charge is 0.393 e. The molecule has 1 aliphatic rings. The number of nitrogens with zero attached hydrogens (tertiary/aromatic N) is 1. The van der Waals surface area contributed by atoms with Gasteiger partial charge in [0.25, 0.3) is 0 Å². The summed E-state index contributed by atoms with van der Waals surface area (Å²) in [5, 5.41) is 23.7. The fraction of sp³-hybridized carbons (Fsp3) is 0.935. The third-order valence-electron chi connectivity index (χ3n) is 11.3. The first-order chi connectivity index (χ1) is 23.3. The van der Waals surface area contributed by atoms with E-state index in [9.17, 15) is 10.4 Å². The van der Waals surface area contributed by atoms with Gasteiger partial charge in [-0.3, -0.25) is 0 Å². The van der Waals surface area contributed by atoms with E-state index in [1.807, 2.05) is 33.8 Å². The zero-order valence-electron chi connectivity index (χ0n) is 36.7. The Hall–Kier alpha value is -0.890. The monoisotopic (exact) mass is 711 g/mol. The number of aliphatic hydroxyl groups is 1. The summed E-state index contributed by atoms with van der Waals surface area (Å²) >= 11 is 0. The number of hydrogen-bond acceptors (Lipinski definition) is 4. The fourth-order valence-electron chi connectivity index (χ4n) is 7.10. The highest BCUT2D eigenvalue weighted by molar-refractivity contribution is 4.88. The van der Waals surface area contributed by atoms with Gasteiger partial charge in [-0.25, -0.2) is 0 Å². The van der Waals surface area contributed by atoms with Crippen LogP contribution in [0.3, 0.4) is 0 Å². The van der Waals surface area contributed by atoms with Crippen LogP contribution in [0.2, 0.25) is 0 Å². The van der Waals surface area contributed by atoms with E-state index in [0.29, 0.717) is 17.8 Å². The number of ether oxygens (including phenoxy) is 1. The molecule has 12 atom stereocenters. The number of hydrogen-bond donors (Lipinski definition) is 2. The van der Waals surface area contributed by atoms with Crippen LogP contribution in [-0.4, -0.2) is 37.5 Å². The lowest BCUT2D eigenvalue weighted by Crippen LogP contribution is -2.37. The summed E-state index contributed by atoms with van der Waals surface area (Å²) in [6, 6.07) is 3.25. The van der Waals surface area contributed by atoms with Crippen molar-refractivity contribution in [1.29, 1.82) is 5.26 Å². The van der Waals surface area contributed by atoms with Crippen LogP contribution >= 0.6 is 0 Å². The van der Waals surface area contributed by atoms with Gasteiger partial charge in [0.2, 0.25) is 0 Å². The van der Waals surface area contributed by atoms with E-state index in [4.69, 9.17) is 4.74 Å². The summed E-state index contributed by atoms with van der Waals surface area (Å²) < 4.78 is 5.60. The lowest BCUT2D eigenvalue weighted by atomic mass is 9.74. The third-order valence-corrected chi connectivity index (χ3v) is 11.3. The molecule has 9 unspecified atom stereocenters. The molecule has 0 aliphatic heterocycles. The van der Waals surface area contributed by atoms with E-state index >= 15 is 0 Å². The molecule has 1 aliphatic carbocycles. The molecule has 50 heavy (non-hydrogen) atoms. The molecule has 0 heterocycles. The van der Waals surface area contributed by atoms with Gasteiger partial charge in [0.1, 0.15) is 0 Å². The van der Waals surface area contributed by atoms with Crippen molar-refractivity contribution in [2.75, 3.05) is 14.2 Å². The first-order valence-corrected chi connectivity index (χ1v) is 21.2. The summed E-state index contributed by atoms with van der Waals surface area (Å²) in [4.78, 5) is 0. The maximum atomic E-state index is 10.9. The van der Waals surface area contributed by atoms with Crippen molar-refractivity contribution in [2.45, 2.75) is 213 Å². The Morgan fingerprint density at radius 1 is 0.860 bits per heavy atom. The standard InChI is InChI=1S/C23H43NO2.C10H21N.C8H18.2C2H6.CH4/c1-9-16(3)12-11-13-21(15-24)14-17(4)23(25)20(7)18(5)19(6)22(10-2)26-8;1-4-9-5-8(2)6-10(7-9)11-3;1-4-6-7-8(3)5-2;2*1-2;/h9,16-23,25H,1,10-14H2,2-8H3;8-11H,4-7H2,1-3H3;8H,4-7H2,1-3H3;2*1-2H3;1H4/t16?,17-,18?,19-,20?,21?,22-,23?;;;;;/m1...../s1.